The van der Waals surface area contributed by atoms with E-state index < -0.39 is 0 Å². The first kappa shape index (κ1) is 11.1. The standard InChI is InChI=1S/C13H14BrN3/c14-11-2-1-3-12(10(11)6-15)17-5-4-9-7-16-8-13(9)17/h1-3,9,13,16H,4-5,7-8H2/t9-,13+/m0/s1. The number of nitriles is 1. The molecule has 2 atom stereocenters. The van der Waals surface area contributed by atoms with Gasteiger partial charge < -0.3 is 10.2 Å². The number of hydrogen-bond acceptors (Lipinski definition) is 3. The minimum Gasteiger partial charge on any atom is -0.366 e. The van der Waals surface area contributed by atoms with Gasteiger partial charge in [-0.3, -0.25) is 0 Å². The lowest BCUT2D eigenvalue weighted by molar-refractivity contribution is 0.578. The molecule has 0 saturated carbocycles. The molecule has 4 heteroatoms. The Bertz CT molecular complexity index is 480. The molecule has 0 amide bonds. The third-order valence-corrected chi connectivity index (χ3v) is 4.52. The minimum atomic E-state index is 0.566. The van der Waals surface area contributed by atoms with E-state index in [2.05, 4.69) is 38.3 Å². The van der Waals surface area contributed by atoms with Crippen LogP contribution in [-0.2, 0) is 0 Å². The minimum absolute atomic E-state index is 0.566. The van der Waals surface area contributed by atoms with Gasteiger partial charge in [-0.25, -0.2) is 0 Å². The summed E-state index contributed by atoms with van der Waals surface area (Å²) < 4.78 is 0.895. The van der Waals surface area contributed by atoms with Crippen molar-refractivity contribution in [3.05, 3.63) is 28.2 Å². The van der Waals surface area contributed by atoms with Gasteiger partial charge in [0, 0.05) is 30.1 Å². The Balaban J connectivity index is 2.00. The number of fused-ring (bicyclic) bond motifs is 1. The van der Waals surface area contributed by atoms with Gasteiger partial charge in [0.15, 0.2) is 0 Å². The van der Waals surface area contributed by atoms with E-state index in [1.807, 2.05) is 12.1 Å². The Labute approximate surface area is 110 Å². The molecule has 2 aliphatic rings. The molecule has 1 aromatic carbocycles. The Morgan fingerprint density at radius 3 is 3.12 bits per heavy atom. The maximum Gasteiger partial charge on any atom is 0.103 e. The maximum atomic E-state index is 9.28. The fraction of sp³-hybridized carbons (Fsp3) is 0.462. The van der Waals surface area contributed by atoms with Crippen LogP contribution < -0.4 is 10.2 Å². The number of halogens is 1. The summed E-state index contributed by atoms with van der Waals surface area (Å²) in [5.74, 6) is 0.750. The molecule has 17 heavy (non-hydrogen) atoms. The molecular formula is C13H14BrN3. The Hall–Kier alpha value is -1.05. The van der Waals surface area contributed by atoms with Gasteiger partial charge in [0.2, 0.25) is 0 Å². The number of anilines is 1. The molecule has 3 nitrogen and oxygen atoms in total. The summed E-state index contributed by atoms with van der Waals surface area (Å²) in [7, 11) is 0. The van der Waals surface area contributed by atoms with Crippen LogP contribution in [0.25, 0.3) is 0 Å². The molecule has 2 fully saturated rings. The summed E-state index contributed by atoms with van der Waals surface area (Å²) >= 11 is 3.46. The van der Waals surface area contributed by atoms with Crippen molar-refractivity contribution in [3.8, 4) is 6.07 Å². The fourth-order valence-corrected chi connectivity index (χ4v) is 3.46. The number of nitrogens with zero attached hydrogens (tertiary/aromatic N) is 2. The molecule has 0 unspecified atom stereocenters. The van der Waals surface area contributed by atoms with Crippen LogP contribution in [0.1, 0.15) is 12.0 Å². The number of rotatable bonds is 1. The van der Waals surface area contributed by atoms with Crippen LogP contribution in [0.4, 0.5) is 5.69 Å². The molecule has 0 spiro atoms. The predicted octanol–water partition coefficient (Wildman–Crippen LogP) is 2.12. The molecular weight excluding hydrogens is 278 g/mol. The Kier molecular flexibility index (Phi) is 2.81. The van der Waals surface area contributed by atoms with Crippen molar-refractivity contribution in [2.45, 2.75) is 12.5 Å². The van der Waals surface area contributed by atoms with Crippen molar-refractivity contribution < 1.29 is 0 Å². The Morgan fingerprint density at radius 2 is 2.29 bits per heavy atom. The topological polar surface area (TPSA) is 39.1 Å². The van der Waals surface area contributed by atoms with Crippen molar-refractivity contribution in [2.24, 2.45) is 5.92 Å². The van der Waals surface area contributed by atoms with Crippen LogP contribution >= 0.6 is 15.9 Å². The molecule has 0 aromatic heterocycles. The van der Waals surface area contributed by atoms with Gasteiger partial charge >= 0.3 is 0 Å². The van der Waals surface area contributed by atoms with Crippen LogP contribution in [-0.4, -0.2) is 25.7 Å². The van der Waals surface area contributed by atoms with Gasteiger partial charge in [-0.2, -0.15) is 5.26 Å². The highest BCUT2D eigenvalue weighted by atomic mass is 79.9. The molecule has 1 aromatic rings. The summed E-state index contributed by atoms with van der Waals surface area (Å²) in [5.41, 5.74) is 1.85. The summed E-state index contributed by atoms with van der Waals surface area (Å²) in [5, 5.41) is 12.7. The molecule has 2 saturated heterocycles. The van der Waals surface area contributed by atoms with E-state index in [-0.39, 0.29) is 0 Å². The van der Waals surface area contributed by atoms with Gasteiger partial charge in [-0.05, 0) is 40.4 Å². The van der Waals surface area contributed by atoms with Gasteiger partial charge in [-0.15, -0.1) is 0 Å². The first-order valence-corrected chi connectivity index (χ1v) is 6.76. The van der Waals surface area contributed by atoms with E-state index >= 15 is 0 Å². The van der Waals surface area contributed by atoms with E-state index in [4.69, 9.17) is 0 Å². The zero-order chi connectivity index (χ0) is 11.8. The van der Waals surface area contributed by atoms with Crippen LogP contribution in [0.3, 0.4) is 0 Å². The van der Waals surface area contributed by atoms with Gasteiger partial charge in [0.25, 0.3) is 0 Å². The lowest BCUT2D eigenvalue weighted by Crippen LogP contribution is -2.34. The summed E-state index contributed by atoms with van der Waals surface area (Å²) in [6.07, 6.45) is 1.23. The highest BCUT2D eigenvalue weighted by Crippen LogP contribution is 2.35. The molecule has 2 heterocycles. The zero-order valence-corrected chi connectivity index (χ0v) is 11.1. The molecule has 2 aliphatic heterocycles. The average molecular weight is 292 g/mol. The van der Waals surface area contributed by atoms with Crippen molar-refractivity contribution in [2.75, 3.05) is 24.5 Å². The lowest BCUT2D eigenvalue weighted by atomic mass is 10.0. The largest absolute Gasteiger partial charge is 0.366 e. The fourth-order valence-electron chi connectivity index (χ4n) is 3.01. The monoisotopic (exact) mass is 291 g/mol. The third-order valence-electron chi connectivity index (χ3n) is 3.86. The first-order valence-electron chi connectivity index (χ1n) is 5.97. The van der Waals surface area contributed by atoms with Gasteiger partial charge in [0.1, 0.15) is 6.07 Å². The van der Waals surface area contributed by atoms with Crippen molar-refractivity contribution in [1.82, 2.24) is 5.32 Å². The zero-order valence-electron chi connectivity index (χ0n) is 9.49. The second-order valence-corrected chi connectivity index (χ2v) is 5.57. The Morgan fingerprint density at radius 1 is 1.41 bits per heavy atom. The summed E-state index contributed by atoms with van der Waals surface area (Å²) in [6.45, 7) is 3.24. The first-order chi connectivity index (χ1) is 8.31. The van der Waals surface area contributed by atoms with Crippen molar-refractivity contribution in [3.63, 3.8) is 0 Å². The van der Waals surface area contributed by atoms with Crippen LogP contribution in [0, 0.1) is 17.2 Å². The SMILES string of the molecule is N#Cc1c(Br)cccc1N1CC[C@H]2CNC[C@H]21. The van der Waals surface area contributed by atoms with Gasteiger partial charge in [-0.1, -0.05) is 6.07 Å². The predicted molar refractivity (Wildman–Crippen MR) is 71.0 cm³/mol. The number of benzene rings is 1. The average Bonchev–Trinajstić information content (AvgIpc) is 2.90. The molecule has 1 N–H and O–H groups in total. The van der Waals surface area contributed by atoms with Crippen molar-refractivity contribution >= 4 is 21.6 Å². The third kappa shape index (κ3) is 1.74. The number of hydrogen-bond donors (Lipinski definition) is 1. The normalized spacial score (nSPS) is 26.9. The highest BCUT2D eigenvalue weighted by Gasteiger charge is 2.38. The van der Waals surface area contributed by atoms with Crippen LogP contribution in [0.15, 0.2) is 22.7 Å². The maximum absolute atomic E-state index is 9.28. The van der Waals surface area contributed by atoms with E-state index in [9.17, 15) is 5.26 Å². The molecule has 88 valence electrons. The van der Waals surface area contributed by atoms with Crippen LogP contribution in [0.2, 0.25) is 0 Å². The second-order valence-electron chi connectivity index (χ2n) is 4.71. The summed E-state index contributed by atoms with van der Waals surface area (Å²) in [4.78, 5) is 2.40. The highest BCUT2D eigenvalue weighted by molar-refractivity contribution is 9.10. The van der Waals surface area contributed by atoms with E-state index in [0.29, 0.717) is 6.04 Å². The van der Waals surface area contributed by atoms with E-state index in [1.165, 1.54) is 6.42 Å². The number of nitrogens with one attached hydrogen (secondary N) is 1. The quantitative estimate of drug-likeness (QED) is 0.861. The smallest absolute Gasteiger partial charge is 0.103 e. The summed E-state index contributed by atoms with van der Waals surface area (Å²) in [6, 6.07) is 8.88. The second kappa shape index (κ2) is 4.32. The molecule has 0 radical (unpaired) electrons. The van der Waals surface area contributed by atoms with E-state index in [0.717, 1.165) is 41.3 Å². The van der Waals surface area contributed by atoms with Crippen LogP contribution in [0.5, 0.6) is 0 Å². The van der Waals surface area contributed by atoms with E-state index in [1.54, 1.807) is 0 Å². The molecule has 3 rings (SSSR count). The van der Waals surface area contributed by atoms with Gasteiger partial charge in [0.05, 0.1) is 11.3 Å². The molecule has 0 bridgehead atoms. The lowest BCUT2D eigenvalue weighted by Gasteiger charge is -2.26. The molecule has 0 aliphatic carbocycles. The van der Waals surface area contributed by atoms with Crippen molar-refractivity contribution in [1.29, 1.82) is 5.26 Å².